The number of benzene rings is 1. The maximum Gasteiger partial charge on any atom is 0.407 e. The highest BCUT2D eigenvalue weighted by atomic mass is 32.2. The summed E-state index contributed by atoms with van der Waals surface area (Å²) >= 11 is 0. The molecule has 9 heteroatoms. The van der Waals surface area contributed by atoms with Crippen LogP contribution in [0.15, 0.2) is 48.7 Å². The van der Waals surface area contributed by atoms with Gasteiger partial charge in [0.2, 0.25) is 10.0 Å². The fourth-order valence-electron chi connectivity index (χ4n) is 6.36. The predicted molar refractivity (Wildman–Crippen MR) is 136 cm³/mol. The molecule has 36 heavy (non-hydrogen) atoms. The molecule has 1 amide bonds. The van der Waals surface area contributed by atoms with Gasteiger partial charge in [-0.1, -0.05) is 24.3 Å². The fourth-order valence-corrected chi connectivity index (χ4v) is 8.23. The van der Waals surface area contributed by atoms with Crippen LogP contribution in [0.3, 0.4) is 0 Å². The number of carbonyl (C=O) groups excluding carboxylic acids is 1. The van der Waals surface area contributed by atoms with Crippen molar-refractivity contribution in [2.75, 3.05) is 13.2 Å². The van der Waals surface area contributed by atoms with Gasteiger partial charge in [-0.3, -0.25) is 4.98 Å². The van der Waals surface area contributed by atoms with Crippen LogP contribution in [-0.2, 0) is 14.8 Å². The first-order valence-corrected chi connectivity index (χ1v) is 14.2. The van der Waals surface area contributed by atoms with E-state index in [1.807, 2.05) is 24.3 Å². The van der Waals surface area contributed by atoms with Crippen molar-refractivity contribution < 1.29 is 22.3 Å². The van der Waals surface area contributed by atoms with E-state index in [1.54, 1.807) is 19.2 Å². The van der Waals surface area contributed by atoms with Gasteiger partial charge in [0.1, 0.15) is 5.82 Å². The van der Waals surface area contributed by atoms with Crippen LogP contribution in [0.2, 0.25) is 0 Å². The number of fused-ring (bicyclic) bond motifs is 2. The Morgan fingerprint density at radius 3 is 2.81 bits per heavy atom. The normalized spacial score (nSPS) is 30.9. The van der Waals surface area contributed by atoms with Gasteiger partial charge in [0.15, 0.2) is 0 Å². The summed E-state index contributed by atoms with van der Waals surface area (Å²) in [5.74, 6) is 0.398. The second-order valence-electron chi connectivity index (χ2n) is 10.0. The number of nitrogens with zero attached hydrogens (tertiary/aromatic N) is 1. The van der Waals surface area contributed by atoms with Gasteiger partial charge in [0.25, 0.3) is 0 Å². The van der Waals surface area contributed by atoms with Crippen molar-refractivity contribution in [3.63, 3.8) is 0 Å². The predicted octanol–water partition coefficient (Wildman–Crippen LogP) is 4.37. The molecule has 3 fully saturated rings. The number of allylic oxidation sites excluding steroid dienone is 1. The molecule has 0 bridgehead atoms. The molecule has 2 saturated carbocycles. The van der Waals surface area contributed by atoms with Crippen LogP contribution in [0.4, 0.5) is 9.18 Å². The van der Waals surface area contributed by atoms with E-state index < -0.39 is 21.4 Å². The Labute approximate surface area is 211 Å². The first-order chi connectivity index (χ1) is 17.3. The van der Waals surface area contributed by atoms with E-state index in [4.69, 9.17) is 4.74 Å². The SMILES string of the molecule is CCOC(=O)N[C@@H]1CC[C@@H]2[C@@H](C1)C[C@@H]1[C@@H](CNS1(=O)=O)[C@H]2C=Cc1ccc(-c2cccc(F)c2)cn1. The fraction of sp³-hybridized carbons (Fsp3) is 0.481. The molecule has 2 N–H and O–H groups in total. The van der Waals surface area contributed by atoms with E-state index in [0.29, 0.717) is 25.5 Å². The van der Waals surface area contributed by atoms with Gasteiger partial charge in [-0.2, -0.15) is 0 Å². The first-order valence-electron chi connectivity index (χ1n) is 12.7. The average molecular weight is 514 g/mol. The van der Waals surface area contributed by atoms with Crippen molar-refractivity contribution in [2.45, 2.75) is 43.9 Å². The molecule has 0 spiro atoms. The summed E-state index contributed by atoms with van der Waals surface area (Å²) in [4.78, 5) is 16.5. The number of hydrogen-bond acceptors (Lipinski definition) is 5. The highest BCUT2D eigenvalue weighted by Gasteiger charge is 2.53. The highest BCUT2D eigenvalue weighted by molar-refractivity contribution is 7.90. The van der Waals surface area contributed by atoms with Crippen molar-refractivity contribution in [2.24, 2.45) is 23.7 Å². The van der Waals surface area contributed by atoms with Crippen molar-refractivity contribution in [1.82, 2.24) is 15.0 Å². The lowest BCUT2D eigenvalue weighted by Crippen LogP contribution is -2.49. The van der Waals surface area contributed by atoms with E-state index in [-0.39, 0.29) is 29.6 Å². The maximum atomic E-state index is 13.6. The zero-order valence-corrected chi connectivity index (χ0v) is 21.1. The minimum absolute atomic E-state index is 0.000537. The Bertz CT molecular complexity index is 1230. The van der Waals surface area contributed by atoms with Gasteiger partial charge in [-0.25, -0.2) is 22.3 Å². The van der Waals surface area contributed by atoms with Crippen LogP contribution < -0.4 is 10.0 Å². The third-order valence-electron chi connectivity index (χ3n) is 7.99. The Morgan fingerprint density at radius 1 is 1.19 bits per heavy atom. The van der Waals surface area contributed by atoms with Gasteiger partial charge < -0.3 is 10.1 Å². The summed E-state index contributed by atoms with van der Waals surface area (Å²) in [6.45, 7) is 2.56. The summed E-state index contributed by atoms with van der Waals surface area (Å²) < 4.78 is 46.9. The van der Waals surface area contributed by atoms with E-state index >= 15 is 0 Å². The van der Waals surface area contributed by atoms with Crippen molar-refractivity contribution in [3.8, 4) is 11.1 Å². The lowest BCUT2D eigenvalue weighted by Gasteiger charge is -2.47. The summed E-state index contributed by atoms with van der Waals surface area (Å²) in [5.41, 5.74) is 2.38. The number of rotatable bonds is 5. The zero-order valence-electron chi connectivity index (χ0n) is 20.3. The lowest BCUT2D eigenvalue weighted by molar-refractivity contribution is 0.0742. The Hall–Kier alpha value is -2.78. The van der Waals surface area contributed by atoms with Crippen LogP contribution in [0.5, 0.6) is 0 Å². The van der Waals surface area contributed by atoms with E-state index in [0.717, 1.165) is 36.1 Å². The van der Waals surface area contributed by atoms with Crippen LogP contribution in [0.1, 0.15) is 38.3 Å². The van der Waals surface area contributed by atoms with Gasteiger partial charge in [0, 0.05) is 24.3 Å². The van der Waals surface area contributed by atoms with Crippen LogP contribution >= 0.6 is 0 Å². The number of ether oxygens (including phenoxy) is 1. The summed E-state index contributed by atoms with van der Waals surface area (Å²) in [7, 11) is -3.34. The summed E-state index contributed by atoms with van der Waals surface area (Å²) in [6, 6.07) is 10.2. The number of hydrogen-bond donors (Lipinski definition) is 2. The summed E-state index contributed by atoms with van der Waals surface area (Å²) in [6.07, 6.45) is 8.59. The Kier molecular flexibility index (Phi) is 7.12. The van der Waals surface area contributed by atoms with Crippen LogP contribution in [0, 0.1) is 29.5 Å². The second kappa shape index (κ2) is 10.3. The van der Waals surface area contributed by atoms with Crippen molar-refractivity contribution in [1.29, 1.82) is 0 Å². The van der Waals surface area contributed by atoms with Gasteiger partial charge in [-0.15, -0.1) is 0 Å². The number of amides is 1. The van der Waals surface area contributed by atoms with E-state index in [9.17, 15) is 17.6 Å². The molecule has 0 radical (unpaired) electrons. The van der Waals surface area contributed by atoms with Crippen molar-refractivity contribution >= 4 is 22.2 Å². The number of alkyl carbamates (subject to hydrolysis) is 1. The molecule has 2 heterocycles. The quantitative estimate of drug-likeness (QED) is 0.619. The minimum Gasteiger partial charge on any atom is -0.450 e. The third kappa shape index (κ3) is 5.18. The smallest absolute Gasteiger partial charge is 0.407 e. The Morgan fingerprint density at radius 2 is 2.06 bits per heavy atom. The van der Waals surface area contributed by atoms with Gasteiger partial charge in [-0.05, 0) is 86.1 Å². The highest BCUT2D eigenvalue weighted by Crippen LogP contribution is 2.50. The average Bonchev–Trinajstić information content (AvgIpc) is 3.16. The molecule has 5 rings (SSSR count). The molecule has 192 valence electrons. The standard InChI is InChI=1S/C27H32FN3O4S/c1-2-35-27(32)31-22-9-10-23-19(13-22)14-26-25(16-30-36(26,33)34)24(23)11-8-21-7-6-18(15-29-21)17-4-3-5-20(28)12-17/h3-8,11-12,15,19,22-26,30H,2,9-10,13-14,16H2,1H3,(H,31,32)/t19-,22+,23+,24-,25-,26+/m0/s1. The summed E-state index contributed by atoms with van der Waals surface area (Å²) in [5, 5.41) is 2.53. The second-order valence-corrected chi connectivity index (χ2v) is 12.0. The monoisotopic (exact) mass is 513 g/mol. The minimum atomic E-state index is -3.34. The van der Waals surface area contributed by atoms with E-state index in [2.05, 4.69) is 21.1 Å². The maximum absolute atomic E-state index is 13.6. The third-order valence-corrected chi connectivity index (χ3v) is 9.90. The lowest BCUT2D eigenvalue weighted by atomic mass is 9.60. The molecule has 2 aromatic rings. The van der Waals surface area contributed by atoms with Crippen molar-refractivity contribution in [3.05, 3.63) is 60.2 Å². The van der Waals surface area contributed by atoms with Gasteiger partial charge >= 0.3 is 6.09 Å². The molecule has 2 aliphatic carbocycles. The first kappa shape index (κ1) is 24.9. The molecule has 1 aromatic carbocycles. The molecule has 1 aromatic heterocycles. The molecule has 3 aliphatic rings. The van der Waals surface area contributed by atoms with E-state index in [1.165, 1.54) is 12.1 Å². The number of pyridine rings is 1. The number of sulfonamides is 1. The van der Waals surface area contributed by atoms with Gasteiger partial charge in [0.05, 0.1) is 17.6 Å². The molecular formula is C27H32FN3O4S. The number of halogens is 1. The molecule has 1 saturated heterocycles. The molecule has 0 unspecified atom stereocenters. The Balaban J connectivity index is 1.34. The molecule has 7 nitrogen and oxygen atoms in total. The number of nitrogens with one attached hydrogen (secondary N) is 2. The van der Waals surface area contributed by atoms with Crippen LogP contribution in [0.25, 0.3) is 17.2 Å². The molecule has 6 atom stereocenters. The topological polar surface area (TPSA) is 97.4 Å². The molecule has 1 aliphatic heterocycles. The van der Waals surface area contributed by atoms with Crippen LogP contribution in [-0.4, -0.2) is 43.9 Å². The number of aromatic nitrogens is 1. The number of carbonyl (C=O) groups is 1. The zero-order chi connectivity index (χ0) is 25.3. The largest absolute Gasteiger partial charge is 0.450 e. The molecular weight excluding hydrogens is 481 g/mol.